The number of hydrogen-bond acceptors (Lipinski definition) is 3. The number of rotatable bonds is 1. The molecule has 7 fully saturated rings. The van der Waals surface area contributed by atoms with Crippen molar-refractivity contribution in [3.8, 4) is 0 Å². The maximum atomic E-state index is 12.6. The fraction of sp³-hybridized carbons (Fsp3) is 0.929. The van der Waals surface area contributed by atoms with Crippen LogP contribution in [0.2, 0.25) is 0 Å². The van der Waals surface area contributed by atoms with Gasteiger partial charge in [0, 0.05) is 30.2 Å². The summed E-state index contributed by atoms with van der Waals surface area (Å²) in [6.45, 7) is 2.44. The van der Waals surface area contributed by atoms with Crippen molar-refractivity contribution in [3.05, 3.63) is 0 Å². The van der Waals surface area contributed by atoms with Crippen LogP contribution < -0.4 is 0 Å². The molecule has 10 atom stereocenters. The minimum absolute atomic E-state index is 0.0767. The zero-order valence-corrected chi connectivity index (χ0v) is 10.3. The van der Waals surface area contributed by atoms with E-state index in [0.29, 0.717) is 30.2 Å². The molecule has 0 aromatic rings. The third-order valence-electron chi connectivity index (χ3n) is 7.84. The molecular weight excluding hydrogens is 230 g/mol. The zero-order valence-electron chi connectivity index (χ0n) is 10.3. The van der Waals surface area contributed by atoms with Gasteiger partial charge in [-0.15, -0.1) is 0 Å². The summed E-state index contributed by atoms with van der Waals surface area (Å²) in [4.78, 5) is 14.2. The molecule has 4 nitrogen and oxygen atoms in total. The van der Waals surface area contributed by atoms with Gasteiger partial charge < -0.3 is 15.1 Å². The lowest BCUT2D eigenvalue weighted by Crippen LogP contribution is -2.80. The summed E-state index contributed by atoms with van der Waals surface area (Å²) >= 11 is 0. The van der Waals surface area contributed by atoms with Gasteiger partial charge in [-0.2, -0.15) is 0 Å². The van der Waals surface area contributed by atoms with Crippen LogP contribution in [0.25, 0.3) is 0 Å². The summed E-state index contributed by atoms with van der Waals surface area (Å²) in [6, 6.07) is 0. The molecular formula is C14H17NO3. The van der Waals surface area contributed by atoms with Gasteiger partial charge in [-0.1, -0.05) is 0 Å². The van der Waals surface area contributed by atoms with Crippen molar-refractivity contribution in [1.82, 2.24) is 4.90 Å². The quantitative estimate of drug-likeness (QED) is 0.666. The second-order valence-corrected chi connectivity index (χ2v) is 7.48. The summed E-state index contributed by atoms with van der Waals surface area (Å²) in [5, 5.41) is 22.3. The Labute approximate surface area is 105 Å². The van der Waals surface area contributed by atoms with Crippen molar-refractivity contribution in [1.29, 1.82) is 0 Å². The molecule has 2 saturated heterocycles. The average Bonchev–Trinajstić information content (AvgIpc) is 2.80. The van der Waals surface area contributed by atoms with Crippen molar-refractivity contribution in [2.45, 2.75) is 24.7 Å². The normalized spacial score (nSPS) is 75.9. The van der Waals surface area contributed by atoms with Crippen molar-refractivity contribution < 1.29 is 15.0 Å². The highest BCUT2D eigenvalue weighted by atomic mass is 16.3. The summed E-state index contributed by atoms with van der Waals surface area (Å²) < 4.78 is 0. The molecule has 1 amide bonds. The summed E-state index contributed by atoms with van der Waals surface area (Å²) in [5.74, 6) is 2.66. The van der Waals surface area contributed by atoms with E-state index >= 15 is 0 Å². The van der Waals surface area contributed by atoms with Gasteiger partial charge in [0.25, 0.3) is 5.91 Å². The topological polar surface area (TPSA) is 60.8 Å². The number of aliphatic hydroxyl groups is 2. The van der Waals surface area contributed by atoms with Crippen molar-refractivity contribution >= 4 is 5.91 Å². The van der Waals surface area contributed by atoms with Crippen LogP contribution in [-0.2, 0) is 4.79 Å². The van der Waals surface area contributed by atoms with Crippen LogP contribution in [0.1, 0.15) is 13.3 Å². The maximum absolute atomic E-state index is 12.6. The minimum atomic E-state index is -1.10. The molecule has 4 heteroatoms. The fourth-order valence-electron chi connectivity index (χ4n) is 8.01. The van der Waals surface area contributed by atoms with Crippen LogP contribution in [0, 0.1) is 47.3 Å². The highest BCUT2D eigenvalue weighted by Gasteiger charge is 2.96. The van der Waals surface area contributed by atoms with Gasteiger partial charge in [-0.05, 0) is 37.0 Å². The first-order valence-electron chi connectivity index (χ1n) is 7.34. The monoisotopic (exact) mass is 247 g/mol. The average molecular weight is 247 g/mol. The molecule has 96 valence electrons. The zero-order chi connectivity index (χ0) is 12.2. The minimum Gasteiger partial charge on any atom is -0.379 e. The number of fused-ring (bicyclic) bond motifs is 1. The van der Waals surface area contributed by atoms with E-state index in [1.54, 1.807) is 4.90 Å². The molecule has 2 N–H and O–H groups in total. The molecule has 7 aliphatic rings. The van der Waals surface area contributed by atoms with E-state index < -0.39 is 11.3 Å². The molecule has 2 aliphatic heterocycles. The van der Waals surface area contributed by atoms with E-state index in [-0.39, 0.29) is 29.6 Å². The Morgan fingerprint density at radius 3 is 2.56 bits per heavy atom. The second-order valence-electron chi connectivity index (χ2n) is 7.48. The molecule has 2 heterocycles. The standard InChI is InChI=1S/C14H17NO3/c1-2-15-12(16)13(17)8-4-3-5-7-6(4)10(13)11(7)14(15,18)9(5)8/h4-11,17-18H,2-3H2,1H3/t4-,5+,6-,7+,8-,9+,10?,11?,13?,14?/m1/s1. The van der Waals surface area contributed by atoms with Gasteiger partial charge in [0.1, 0.15) is 11.3 Å². The highest BCUT2D eigenvalue weighted by molar-refractivity contribution is 5.91. The number of carbonyl (C=O) groups is 1. The molecule has 4 bridgehead atoms. The first-order chi connectivity index (χ1) is 8.57. The summed E-state index contributed by atoms with van der Waals surface area (Å²) in [5.41, 5.74) is -2.00. The van der Waals surface area contributed by atoms with Crippen LogP contribution in [0.5, 0.6) is 0 Å². The van der Waals surface area contributed by atoms with Crippen molar-refractivity contribution in [3.63, 3.8) is 0 Å². The molecule has 18 heavy (non-hydrogen) atoms. The van der Waals surface area contributed by atoms with Crippen molar-refractivity contribution in [2.24, 2.45) is 47.3 Å². The number of carbonyl (C=O) groups excluding carboxylic acids is 1. The van der Waals surface area contributed by atoms with Crippen LogP contribution in [0.3, 0.4) is 0 Å². The first kappa shape index (κ1) is 9.32. The molecule has 0 aromatic carbocycles. The van der Waals surface area contributed by atoms with E-state index in [9.17, 15) is 15.0 Å². The van der Waals surface area contributed by atoms with Crippen molar-refractivity contribution in [2.75, 3.05) is 6.54 Å². The summed E-state index contributed by atoms with van der Waals surface area (Å²) in [6.07, 6.45) is 1.16. The van der Waals surface area contributed by atoms with Gasteiger partial charge in [0.05, 0.1) is 0 Å². The molecule has 7 rings (SSSR count). The molecule has 0 spiro atoms. The predicted molar refractivity (Wildman–Crippen MR) is 59.8 cm³/mol. The van der Waals surface area contributed by atoms with Crippen LogP contribution in [0.15, 0.2) is 0 Å². The lowest BCUT2D eigenvalue weighted by atomic mass is 9.50. The third kappa shape index (κ3) is 0.481. The molecule has 0 radical (unpaired) electrons. The Morgan fingerprint density at radius 2 is 1.83 bits per heavy atom. The number of piperidine rings is 2. The van der Waals surface area contributed by atoms with E-state index in [1.807, 2.05) is 6.92 Å². The van der Waals surface area contributed by atoms with E-state index in [2.05, 4.69) is 0 Å². The predicted octanol–water partition coefficient (Wildman–Crippen LogP) is -0.344. The maximum Gasteiger partial charge on any atom is 0.257 e. The van der Waals surface area contributed by atoms with E-state index in [0.717, 1.165) is 6.42 Å². The Morgan fingerprint density at radius 1 is 1.17 bits per heavy atom. The smallest absolute Gasteiger partial charge is 0.257 e. The Kier molecular flexibility index (Phi) is 1.07. The summed E-state index contributed by atoms with van der Waals surface area (Å²) in [7, 11) is 0. The largest absolute Gasteiger partial charge is 0.379 e. The van der Waals surface area contributed by atoms with Gasteiger partial charge in [-0.25, -0.2) is 0 Å². The van der Waals surface area contributed by atoms with E-state index in [1.165, 1.54) is 0 Å². The van der Waals surface area contributed by atoms with E-state index in [4.69, 9.17) is 0 Å². The lowest BCUT2D eigenvalue weighted by Gasteiger charge is -2.65. The van der Waals surface area contributed by atoms with Crippen LogP contribution in [0.4, 0.5) is 0 Å². The molecule has 4 unspecified atom stereocenters. The highest BCUT2D eigenvalue weighted by Crippen LogP contribution is 2.89. The number of hydrogen-bond donors (Lipinski definition) is 2. The SMILES string of the molecule is CCN1C(=O)C2(O)C3C4[C@H]5[C@@H]6C[C@H]([C@@H]35)[C@@H]2[C@H]6C41O. The fourth-order valence-corrected chi connectivity index (χ4v) is 8.01. The van der Waals surface area contributed by atoms with Gasteiger partial charge >= 0.3 is 0 Å². The second kappa shape index (κ2) is 2.06. The Bertz CT molecular complexity index is 535. The van der Waals surface area contributed by atoms with Gasteiger partial charge in [-0.3, -0.25) is 4.79 Å². The molecule has 5 aliphatic carbocycles. The molecule has 0 aromatic heterocycles. The third-order valence-corrected chi connectivity index (χ3v) is 7.84. The Balaban J connectivity index is 1.72. The lowest BCUT2D eigenvalue weighted by molar-refractivity contribution is -0.301. The van der Waals surface area contributed by atoms with Crippen LogP contribution in [-0.4, -0.2) is 38.9 Å². The van der Waals surface area contributed by atoms with Gasteiger partial charge in [0.15, 0.2) is 0 Å². The first-order valence-corrected chi connectivity index (χ1v) is 7.34. The number of amides is 1. The Hall–Kier alpha value is -0.610. The molecule has 5 saturated carbocycles. The number of nitrogens with zero attached hydrogens (tertiary/aromatic N) is 1. The van der Waals surface area contributed by atoms with Crippen LogP contribution >= 0.6 is 0 Å². The van der Waals surface area contributed by atoms with Gasteiger partial charge in [0.2, 0.25) is 0 Å². The number of likely N-dealkylation sites (N-methyl/N-ethyl adjacent to an activating group) is 1.